The van der Waals surface area contributed by atoms with E-state index in [1.165, 1.54) is 0 Å². The van der Waals surface area contributed by atoms with Gasteiger partial charge in [-0.05, 0) is 0 Å². The van der Waals surface area contributed by atoms with E-state index in [9.17, 15) is 0 Å². The van der Waals surface area contributed by atoms with Gasteiger partial charge in [-0.15, -0.1) is 17.3 Å². The van der Waals surface area contributed by atoms with Crippen molar-refractivity contribution in [3.63, 3.8) is 0 Å². The van der Waals surface area contributed by atoms with Crippen LogP contribution in [0.15, 0.2) is 0 Å². The van der Waals surface area contributed by atoms with Crippen LogP contribution in [0.1, 0.15) is 0 Å². The third-order valence-electron chi connectivity index (χ3n) is 0.365. The van der Waals surface area contributed by atoms with Crippen LogP contribution in [0, 0.1) is 0 Å². The summed E-state index contributed by atoms with van der Waals surface area (Å²) in [5.74, 6) is 0. The van der Waals surface area contributed by atoms with Crippen LogP contribution in [-0.2, 0) is 80.6 Å². The molecule has 0 saturated carbocycles. The van der Waals surface area contributed by atoms with Gasteiger partial charge < -0.3 is 18.2 Å². The summed E-state index contributed by atoms with van der Waals surface area (Å²) >= 11 is 0. The first-order chi connectivity index (χ1) is 10.2. The average Bonchev–Trinajstić information content (AvgIpc) is 2.37. The Morgan fingerprint density at radius 1 is 0.440 bits per heavy atom. The largest absolute Gasteiger partial charge is 4.00 e. The number of hydrogen-bond acceptors (Lipinski definition) is 20. The first kappa shape index (κ1) is 36.0. The topological polar surface area (TPSA) is 347 Å². The molecule has 25 heavy (non-hydrogen) atoms. The van der Waals surface area contributed by atoms with Crippen molar-refractivity contribution in [1.82, 2.24) is 0 Å². The molecule has 4 N–H and O–H groups in total. The molecule has 0 aromatic rings. The summed E-state index contributed by atoms with van der Waals surface area (Å²) in [6, 6.07) is 0. The van der Waals surface area contributed by atoms with Crippen molar-refractivity contribution in [3.05, 3.63) is 0 Å². The first-order valence-electron chi connectivity index (χ1n) is 3.40. The molecule has 0 heterocycles. The van der Waals surface area contributed by atoms with Crippen LogP contribution < -0.4 is 0 Å². The molecule has 0 bridgehead atoms. The normalized spacial score (nSPS) is 11.2. The van der Waals surface area contributed by atoms with Crippen LogP contribution >= 0.6 is 0 Å². The fourth-order valence-electron chi connectivity index (χ4n) is 0. The maximum atomic E-state index is 8.97. The molecule has 152 valence electrons. The zero-order valence-corrected chi connectivity index (χ0v) is 15.3. The van der Waals surface area contributed by atoms with Crippen LogP contribution in [0.25, 0.3) is 0 Å². The fourth-order valence-corrected chi connectivity index (χ4v) is 0. The predicted octanol–water partition coefficient (Wildman–Crippen LogP) is -4.26. The van der Waals surface area contributed by atoms with Gasteiger partial charge in [-0.1, -0.05) is 0 Å². The van der Waals surface area contributed by atoms with Gasteiger partial charge in [-0.2, -0.15) is 0 Å². The van der Waals surface area contributed by atoms with Gasteiger partial charge in [-0.3, -0.25) is 0 Å². The monoisotopic (exact) mass is 500 g/mol. The van der Waals surface area contributed by atoms with Gasteiger partial charge in [-0.25, -0.2) is 54.7 Å². The van der Waals surface area contributed by atoms with Gasteiger partial charge in [0.05, 0.1) is 0 Å². The zero-order chi connectivity index (χ0) is 20.8. The molecular weight excluding hydrogens is 496 g/mol. The molecule has 0 radical (unpaired) electrons. The van der Waals surface area contributed by atoms with Gasteiger partial charge in [0.25, 0.3) is 0 Å². The van der Waals surface area contributed by atoms with Crippen LogP contribution in [-0.4, -0.2) is 72.9 Å². The average molecular weight is 500 g/mol. The smallest absolute Gasteiger partial charge is 0.724 e. The van der Waals surface area contributed by atoms with Crippen LogP contribution in [0.3, 0.4) is 0 Å². The van der Waals surface area contributed by atoms with Crippen molar-refractivity contribution < 1.29 is 112 Å². The molecule has 20 nitrogen and oxygen atoms in total. The summed E-state index contributed by atoms with van der Waals surface area (Å²) in [6.07, 6.45) is 0. The van der Waals surface area contributed by atoms with Gasteiger partial charge in [0.1, 0.15) is 0 Å². The van der Waals surface area contributed by atoms with Crippen LogP contribution in [0.2, 0.25) is 0 Å². The molecule has 0 aromatic heterocycles. The Bertz CT molecular complexity index is 558. The molecule has 0 aliphatic heterocycles. The predicted molar refractivity (Wildman–Crippen MR) is 53.6 cm³/mol. The van der Waals surface area contributed by atoms with Crippen LogP contribution in [0.4, 0.5) is 0 Å². The van der Waals surface area contributed by atoms with E-state index >= 15 is 0 Å². The van der Waals surface area contributed by atoms with Gasteiger partial charge in [0.15, 0.2) is 0 Å². The van der Waals surface area contributed by atoms with E-state index in [4.69, 9.17) is 72.9 Å². The Kier molecular flexibility index (Phi) is 23.4. The number of hydrogen-bond donors (Lipinski definition) is 4. The molecule has 0 spiro atoms. The number of rotatable bonds is 4. The van der Waals surface area contributed by atoms with Crippen LogP contribution in [0.5, 0.6) is 0 Å². The van der Waals surface area contributed by atoms with Crippen molar-refractivity contribution in [2.45, 2.75) is 0 Å². The van der Waals surface area contributed by atoms with E-state index in [1.54, 1.807) is 0 Å². The summed E-state index contributed by atoms with van der Waals surface area (Å²) in [4.78, 5) is 0. The second-order valence-corrected chi connectivity index (χ2v) is 5.79. The summed E-state index contributed by atoms with van der Waals surface area (Å²) < 4.78 is 117. The fraction of sp³-hybridized carbons (Fsp3) is 0. The molecule has 25 heteroatoms. The van der Waals surface area contributed by atoms with Gasteiger partial charge in [0.2, 0.25) is 41.6 Å². The molecule has 0 aliphatic carbocycles. The zero-order valence-electron chi connectivity index (χ0n) is 10.5. The molecule has 0 atom stereocenters. The molecule has 0 aliphatic rings. The Morgan fingerprint density at radius 2 is 0.480 bits per heavy atom. The van der Waals surface area contributed by atoms with Gasteiger partial charge in [0, 0.05) is 0 Å². The Morgan fingerprint density at radius 3 is 0.480 bits per heavy atom. The van der Waals surface area contributed by atoms with Crippen molar-refractivity contribution >= 4 is 41.6 Å². The second kappa shape index (κ2) is 16.2. The van der Waals surface area contributed by atoms with E-state index in [0.29, 0.717) is 0 Å². The standard InChI is InChI=1S/4H2O5S.Ti/c4*1-5-6(2,3)4;/h4*1H,(H,2,3,4);/q;;;;+4/p-4. The molecule has 0 unspecified atom stereocenters. The Labute approximate surface area is 153 Å². The van der Waals surface area contributed by atoms with E-state index in [2.05, 4.69) is 17.3 Å². The van der Waals surface area contributed by atoms with Crippen molar-refractivity contribution in [3.8, 4) is 0 Å². The first-order valence-corrected chi connectivity index (χ1v) is 8.73. The SMILES string of the molecule is O=S(=O)([O-])OO.O=S(=O)([O-])OO.O=S(=O)([O-])OO.O=S(=O)([O-])OO.[Ti+4]. The minimum Gasteiger partial charge on any atom is -0.724 e. The van der Waals surface area contributed by atoms with E-state index in [0.717, 1.165) is 0 Å². The maximum Gasteiger partial charge on any atom is 4.00 e. The molecular formula is H4O20S4Ti. The van der Waals surface area contributed by atoms with E-state index < -0.39 is 41.6 Å². The maximum absolute atomic E-state index is 8.97. The van der Waals surface area contributed by atoms with Gasteiger partial charge >= 0.3 is 21.7 Å². The molecule has 0 rings (SSSR count). The van der Waals surface area contributed by atoms with Crippen molar-refractivity contribution in [2.24, 2.45) is 0 Å². The van der Waals surface area contributed by atoms with Crippen molar-refractivity contribution in [2.75, 3.05) is 0 Å². The van der Waals surface area contributed by atoms with E-state index in [1.807, 2.05) is 0 Å². The van der Waals surface area contributed by atoms with E-state index in [-0.39, 0.29) is 21.7 Å². The third kappa shape index (κ3) is 80.6. The summed E-state index contributed by atoms with van der Waals surface area (Å²) in [5.41, 5.74) is 0. The van der Waals surface area contributed by atoms with Crippen molar-refractivity contribution in [1.29, 1.82) is 0 Å². The third-order valence-corrected chi connectivity index (χ3v) is 1.10. The summed E-state index contributed by atoms with van der Waals surface area (Å²) in [6.45, 7) is 0. The quantitative estimate of drug-likeness (QED) is 0.0932. The Balaban J connectivity index is -0.0000000702. The minimum atomic E-state index is -4.86. The Hall–Kier alpha value is 0.0343. The minimum absolute atomic E-state index is 0. The molecule has 0 saturated heterocycles. The molecule has 0 aromatic carbocycles. The summed E-state index contributed by atoms with van der Waals surface area (Å²) in [7, 11) is -19.4. The molecule has 0 fully saturated rings. The summed E-state index contributed by atoms with van der Waals surface area (Å²) in [5, 5.41) is 28.0. The molecule has 0 amide bonds. The second-order valence-electron chi connectivity index (χ2n) is 1.93.